The van der Waals surface area contributed by atoms with Crippen molar-refractivity contribution < 1.29 is 14.2 Å². The van der Waals surface area contributed by atoms with Gasteiger partial charge in [-0.2, -0.15) is 5.26 Å². The number of benzene rings is 1. The average molecular weight is 292 g/mol. The number of methoxy groups -OCH3 is 2. The van der Waals surface area contributed by atoms with Crippen LogP contribution in [-0.4, -0.2) is 32.9 Å². The molecule has 1 atom stereocenters. The van der Waals surface area contributed by atoms with Gasteiger partial charge in [0.1, 0.15) is 5.54 Å². The Labute approximate surface area is 126 Å². The summed E-state index contributed by atoms with van der Waals surface area (Å²) >= 11 is 0. The van der Waals surface area contributed by atoms with Crippen molar-refractivity contribution in [3.8, 4) is 23.3 Å². The molecule has 1 aromatic rings. The molecule has 0 saturated heterocycles. The van der Waals surface area contributed by atoms with Crippen LogP contribution in [0.4, 0.5) is 0 Å². The first-order valence-electron chi connectivity index (χ1n) is 7.10. The Balaban J connectivity index is 2.69. The first-order valence-corrected chi connectivity index (χ1v) is 7.10. The summed E-state index contributed by atoms with van der Waals surface area (Å²) in [5, 5.41) is 12.5. The van der Waals surface area contributed by atoms with Gasteiger partial charge in [-0.05, 0) is 32.0 Å². The lowest BCUT2D eigenvalue weighted by Crippen LogP contribution is -2.42. The van der Waals surface area contributed by atoms with Gasteiger partial charge in [0.2, 0.25) is 5.75 Å². The summed E-state index contributed by atoms with van der Waals surface area (Å²) in [6.07, 6.45) is 1.56. The summed E-state index contributed by atoms with van der Waals surface area (Å²) < 4.78 is 16.3. The maximum atomic E-state index is 9.29. The van der Waals surface area contributed by atoms with Crippen LogP contribution in [-0.2, 0) is 0 Å². The van der Waals surface area contributed by atoms with Gasteiger partial charge in [0, 0.05) is 6.42 Å². The lowest BCUT2D eigenvalue weighted by atomic mass is 10.0. The molecule has 0 bridgehead atoms. The summed E-state index contributed by atoms with van der Waals surface area (Å²) in [6.45, 7) is 5.16. The summed E-state index contributed by atoms with van der Waals surface area (Å²) in [7, 11) is 3.17. The van der Waals surface area contributed by atoms with Crippen molar-refractivity contribution in [2.24, 2.45) is 0 Å². The van der Waals surface area contributed by atoms with Gasteiger partial charge in [0.05, 0.1) is 26.9 Å². The predicted molar refractivity (Wildman–Crippen MR) is 82.0 cm³/mol. The van der Waals surface area contributed by atoms with Crippen LogP contribution < -0.4 is 19.5 Å². The number of para-hydroxylation sites is 1. The maximum Gasteiger partial charge on any atom is 0.203 e. The summed E-state index contributed by atoms with van der Waals surface area (Å²) in [5.41, 5.74) is -0.592. The fourth-order valence-electron chi connectivity index (χ4n) is 1.90. The number of rotatable bonds is 9. The molecule has 0 amide bonds. The topological polar surface area (TPSA) is 63.5 Å². The van der Waals surface area contributed by atoms with E-state index in [9.17, 15) is 5.26 Å². The monoisotopic (exact) mass is 292 g/mol. The van der Waals surface area contributed by atoms with Crippen molar-refractivity contribution in [3.05, 3.63) is 18.2 Å². The smallest absolute Gasteiger partial charge is 0.203 e. The molecule has 0 aromatic heterocycles. The first kappa shape index (κ1) is 17.1. The summed E-state index contributed by atoms with van der Waals surface area (Å²) in [5.74, 6) is 1.81. The molecule has 5 heteroatoms. The van der Waals surface area contributed by atoms with E-state index < -0.39 is 5.54 Å². The first-order chi connectivity index (χ1) is 10.1. The van der Waals surface area contributed by atoms with Crippen LogP contribution in [0.15, 0.2) is 18.2 Å². The molecule has 1 unspecified atom stereocenters. The largest absolute Gasteiger partial charge is 0.493 e. The summed E-state index contributed by atoms with van der Waals surface area (Å²) in [6, 6.07) is 7.78. The molecule has 1 rings (SSSR count). The van der Waals surface area contributed by atoms with E-state index in [2.05, 4.69) is 18.3 Å². The fraction of sp³-hybridized carbons (Fsp3) is 0.562. The third-order valence-corrected chi connectivity index (χ3v) is 3.24. The number of nitriles is 1. The van der Waals surface area contributed by atoms with Crippen molar-refractivity contribution in [2.75, 3.05) is 27.4 Å². The number of nitrogens with one attached hydrogen (secondary N) is 1. The molecule has 0 fully saturated rings. The maximum absolute atomic E-state index is 9.29. The highest BCUT2D eigenvalue weighted by Gasteiger charge is 2.23. The Kier molecular flexibility index (Phi) is 6.83. The van der Waals surface area contributed by atoms with E-state index in [0.717, 1.165) is 13.0 Å². The van der Waals surface area contributed by atoms with Gasteiger partial charge >= 0.3 is 0 Å². The van der Waals surface area contributed by atoms with Crippen molar-refractivity contribution in [1.29, 1.82) is 5.26 Å². The quantitative estimate of drug-likeness (QED) is 0.758. The van der Waals surface area contributed by atoms with E-state index in [1.165, 1.54) is 0 Å². The minimum absolute atomic E-state index is 0.400. The zero-order valence-electron chi connectivity index (χ0n) is 13.2. The zero-order valence-corrected chi connectivity index (χ0v) is 13.2. The van der Waals surface area contributed by atoms with E-state index in [1.807, 2.05) is 25.1 Å². The molecular formula is C16H24N2O3. The highest BCUT2D eigenvalue weighted by Crippen LogP contribution is 2.36. The van der Waals surface area contributed by atoms with Gasteiger partial charge in [-0.25, -0.2) is 0 Å². The van der Waals surface area contributed by atoms with Crippen LogP contribution in [0.1, 0.15) is 26.7 Å². The minimum Gasteiger partial charge on any atom is -0.493 e. The van der Waals surface area contributed by atoms with E-state index in [0.29, 0.717) is 30.3 Å². The lowest BCUT2D eigenvalue weighted by Gasteiger charge is -2.23. The third kappa shape index (κ3) is 4.83. The van der Waals surface area contributed by atoms with E-state index in [-0.39, 0.29) is 0 Å². The second-order valence-corrected chi connectivity index (χ2v) is 4.96. The molecule has 1 aromatic carbocycles. The van der Waals surface area contributed by atoms with Crippen LogP contribution in [0.2, 0.25) is 0 Å². The summed E-state index contributed by atoms with van der Waals surface area (Å²) in [4.78, 5) is 0. The van der Waals surface area contributed by atoms with Crippen molar-refractivity contribution in [2.45, 2.75) is 32.2 Å². The van der Waals surface area contributed by atoms with Gasteiger partial charge in [-0.1, -0.05) is 13.0 Å². The third-order valence-electron chi connectivity index (χ3n) is 3.24. The van der Waals surface area contributed by atoms with Crippen LogP contribution in [0.5, 0.6) is 17.2 Å². The van der Waals surface area contributed by atoms with Crippen molar-refractivity contribution in [3.63, 3.8) is 0 Å². The average Bonchev–Trinajstić information content (AvgIpc) is 2.52. The molecule has 1 N–H and O–H groups in total. The molecule has 21 heavy (non-hydrogen) atoms. The van der Waals surface area contributed by atoms with Crippen molar-refractivity contribution in [1.82, 2.24) is 5.32 Å². The highest BCUT2D eigenvalue weighted by molar-refractivity contribution is 5.51. The molecule has 0 aliphatic rings. The Morgan fingerprint density at radius 3 is 2.33 bits per heavy atom. The van der Waals surface area contributed by atoms with Crippen LogP contribution in [0.3, 0.4) is 0 Å². The zero-order chi connectivity index (χ0) is 15.7. The SMILES string of the molecule is CCCNC(C)(C#N)CCOc1c(OC)cccc1OC. The van der Waals surface area contributed by atoms with E-state index in [4.69, 9.17) is 14.2 Å². The Morgan fingerprint density at radius 1 is 1.24 bits per heavy atom. The Hall–Kier alpha value is -1.93. The number of nitrogens with zero attached hydrogens (tertiary/aromatic N) is 1. The van der Waals surface area contributed by atoms with Gasteiger partial charge in [0.15, 0.2) is 11.5 Å². The molecule has 0 aliphatic carbocycles. The second kappa shape index (κ2) is 8.38. The van der Waals surface area contributed by atoms with Gasteiger partial charge in [-0.15, -0.1) is 0 Å². The molecule has 0 heterocycles. The Bertz CT molecular complexity index is 463. The van der Waals surface area contributed by atoms with Gasteiger partial charge in [0.25, 0.3) is 0 Å². The number of hydrogen-bond donors (Lipinski definition) is 1. The van der Waals surface area contributed by atoms with Gasteiger partial charge < -0.3 is 14.2 Å². The molecule has 0 aliphatic heterocycles. The van der Waals surface area contributed by atoms with Crippen LogP contribution in [0, 0.1) is 11.3 Å². The molecule has 0 spiro atoms. The fourth-order valence-corrected chi connectivity index (χ4v) is 1.90. The molecule has 0 radical (unpaired) electrons. The lowest BCUT2D eigenvalue weighted by molar-refractivity contribution is 0.243. The van der Waals surface area contributed by atoms with Crippen molar-refractivity contribution >= 4 is 0 Å². The van der Waals surface area contributed by atoms with Crippen LogP contribution >= 0.6 is 0 Å². The Morgan fingerprint density at radius 2 is 1.86 bits per heavy atom. The highest BCUT2D eigenvalue weighted by atomic mass is 16.5. The predicted octanol–water partition coefficient (Wildman–Crippen LogP) is 2.75. The number of hydrogen-bond acceptors (Lipinski definition) is 5. The van der Waals surface area contributed by atoms with E-state index in [1.54, 1.807) is 14.2 Å². The van der Waals surface area contributed by atoms with E-state index >= 15 is 0 Å². The van der Waals surface area contributed by atoms with Crippen LogP contribution in [0.25, 0.3) is 0 Å². The second-order valence-electron chi connectivity index (χ2n) is 4.96. The normalized spacial score (nSPS) is 13.1. The molecule has 5 nitrogen and oxygen atoms in total. The number of ether oxygens (including phenoxy) is 3. The minimum atomic E-state index is -0.592. The molecule has 116 valence electrons. The molecule has 0 saturated carbocycles. The van der Waals surface area contributed by atoms with Gasteiger partial charge in [-0.3, -0.25) is 5.32 Å². The molecular weight excluding hydrogens is 268 g/mol. The standard InChI is InChI=1S/C16H24N2O3/c1-5-10-18-16(2,12-17)9-11-21-15-13(19-3)7-6-8-14(15)20-4/h6-8,18H,5,9-11H2,1-4H3.